The van der Waals surface area contributed by atoms with Crippen LogP contribution in [-0.2, 0) is 20.8 Å². The van der Waals surface area contributed by atoms with E-state index in [4.69, 9.17) is 28.1 Å². The second kappa shape index (κ2) is 11.6. The summed E-state index contributed by atoms with van der Waals surface area (Å²) in [6.07, 6.45) is 11.6. The first-order valence-electron chi connectivity index (χ1n) is 6.28. The maximum absolute atomic E-state index is 6.89. The topological polar surface area (TPSA) is 0 Å². The van der Waals surface area contributed by atoms with E-state index in [1.54, 1.807) is 0 Å². The molecule has 0 N–H and O–H groups in total. The zero-order valence-electron chi connectivity index (χ0n) is 11.9. The van der Waals surface area contributed by atoms with Crippen molar-refractivity contribution >= 4 is 35.5 Å². The van der Waals surface area contributed by atoms with Gasteiger partial charge in [0.2, 0.25) is 0 Å². The molecule has 0 bridgehead atoms. The van der Waals surface area contributed by atoms with Crippen molar-refractivity contribution in [3.8, 4) is 0 Å². The van der Waals surface area contributed by atoms with E-state index in [1.807, 2.05) is 0 Å². The fraction of sp³-hybridized carbons (Fsp3) is 0.846. The average molecular weight is 409 g/mol. The van der Waals surface area contributed by atoms with Crippen LogP contribution in [0.25, 0.3) is 0 Å². The monoisotopic (exact) mass is 406 g/mol. The second-order valence-corrected chi connectivity index (χ2v) is 15.3. The molecule has 0 aromatic heterocycles. The summed E-state index contributed by atoms with van der Waals surface area (Å²) in [5.41, 5.74) is 1.91. The minimum atomic E-state index is -1.36. The molecule has 0 aliphatic heterocycles. The zero-order valence-corrected chi connectivity index (χ0v) is 17.7. The Bertz CT molecular complexity index is 173. The van der Waals surface area contributed by atoms with Gasteiger partial charge in [0.05, 0.1) is 0 Å². The van der Waals surface area contributed by atoms with Crippen LogP contribution in [0, 0.1) is 14.9 Å². The summed E-state index contributed by atoms with van der Waals surface area (Å²) in [5, 5.41) is 0. The zero-order chi connectivity index (χ0) is 12.0. The quantitative estimate of drug-likeness (QED) is 0.263. The van der Waals surface area contributed by atoms with E-state index < -0.39 is 28.2 Å². The average Bonchev–Trinajstić information content (AvgIpc) is 2.93. The molecule has 0 nitrogen and oxygen atoms in total. The van der Waals surface area contributed by atoms with Crippen LogP contribution in [0.15, 0.2) is 0 Å². The summed E-state index contributed by atoms with van der Waals surface area (Å²) in [4.78, 5) is 0. The standard InChI is InChI=1S/C11H21ClSi.2CH3.2ClH.Zr/c1-13(12,10-6-2-3-7-10)11-8-4-5-9-11;;;;;/h10-11H,2-9H2,1H3;2*1H3;2*1H;/q;2*-1;;;+4/p-2. The van der Waals surface area contributed by atoms with Crippen molar-refractivity contribution < 1.29 is 20.8 Å². The summed E-state index contributed by atoms with van der Waals surface area (Å²) < 4.78 is 0. The number of hydrogen-bond acceptors (Lipinski definition) is 0. The van der Waals surface area contributed by atoms with Crippen molar-refractivity contribution in [2.75, 3.05) is 0 Å². The molecule has 0 unspecified atom stereocenters. The molecule has 0 radical (unpaired) electrons. The molecule has 0 atom stereocenters. The molecule has 108 valence electrons. The van der Waals surface area contributed by atoms with Gasteiger partial charge < -0.3 is 14.9 Å². The predicted octanol–water partition coefficient (Wildman–Crippen LogP) is 6.97. The Kier molecular flexibility index (Phi) is 14.4. The Morgan fingerprint density at radius 1 is 0.833 bits per heavy atom. The van der Waals surface area contributed by atoms with E-state index in [0.717, 1.165) is 11.1 Å². The Hall–Kier alpha value is 1.97. The van der Waals surface area contributed by atoms with E-state index in [-0.39, 0.29) is 14.9 Å². The second-order valence-electron chi connectivity index (χ2n) is 5.19. The van der Waals surface area contributed by atoms with E-state index in [9.17, 15) is 0 Å². The van der Waals surface area contributed by atoms with Gasteiger partial charge in [0.25, 0.3) is 0 Å². The van der Waals surface area contributed by atoms with E-state index in [0.29, 0.717) is 0 Å². The third kappa shape index (κ3) is 6.61. The molecule has 2 saturated carbocycles. The van der Waals surface area contributed by atoms with Gasteiger partial charge in [-0.3, -0.25) is 0 Å². The third-order valence-corrected chi connectivity index (χ3v) is 10.5. The molecule has 0 saturated heterocycles. The van der Waals surface area contributed by atoms with Crippen molar-refractivity contribution in [2.45, 2.75) is 69.0 Å². The van der Waals surface area contributed by atoms with Gasteiger partial charge in [-0.25, -0.2) is 0 Å². The van der Waals surface area contributed by atoms with Crippen molar-refractivity contribution in [2.24, 2.45) is 0 Å². The molecule has 18 heavy (non-hydrogen) atoms. The minimum absolute atomic E-state index is 0. The van der Waals surface area contributed by atoms with Gasteiger partial charge in [0, 0.05) is 0 Å². The first-order chi connectivity index (χ1) is 7.62. The summed E-state index contributed by atoms with van der Waals surface area (Å²) in [6.45, 7) is 2.44. The van der Waals surface area contributed by atoms with Crippen LogP contribution in [0.5, 0.6) is 0 Å². The Morgan fingerprint density at radius 2 is 1.06 bits per heavy atom. The SMILES string of the molecule is C[Si](Cl)(C1CCCC1)C1CCCC1.[CH3-].[CH3-].[Cl][Zr+2][Cl]. The molecular formula is C13H27Cl3SiZr. The fourth-order valence-corrected chi connectivity index (χ4v) is 8.36. The molecule has 0 spiro atoms. The Labute approximate surface area is 139 Å². The maximum atomic E-state index is 6.89. The van der Waals surface area contributed by atoms with Crippen LogP contribution in [0.2, 0.25) is 17.6 Å². The van der Waals surface area contributed by atoms with Crippen molar-refractivity contribution in [1.29, 1.82) is 0 Å². The fourth-order valence-electron chi connectivity index (χ4n) is 3.31. The molecule has 2 aliphatic rings. The van der Waals surface area contributed by atoms with E-state index in [2.05, 4.69) is 6.55 Å². The molecule has 2 aliphatic carbocycles. The van der Waals surface area contributed by atoms with Gasteiger partial charge in [-0.2, -0.15) is 11.1 Å². The molecule has 2 rings (SSSR count). The molecule has 0 aromatic carbocycles. The van der Waals surface area contributed by atoms with Gasteiger partial charge in [-0.05, 0) is 11.1 Å². The van der Waals surface area contributed by atoms with Crippen molar-refractivity contribution in [1.82, 2.24) is 0 Å². The van der Waals surface area contributed by atoms with Crippen molar-refractivity contribution in [3.05, 3.63) is 14.9 Å². The first kappa shape index (κ1) is 22.3. The van der Waals surface area contributed by atoms with Crippen molar-refractivity contribution in [3.63, 3.8) is 0 Å². The Balaban J connectivity index is 0. The van der Waals surface area contributed by atoms with Crippen LogP contribution in [0.3, 0.4) is 0 Å². The van der Waals surface area contributed by atoms with E-state index in [1.165, 1.54) is 51.4 Å². The van der Waals surface area contributed by atoms with Gasteiger partial charge in [-0.1, -0.05) is 57.9 Å². The van der Waals surface area contributed by atoms with Gasteiger partial charge in [-0.15, -0.1) is 0 Å². The van der Waals surface area contributed by atoms with Crippen LogP contribution < -0.4 is 0 Å². The van der Waals surface area contributed by atoms with Gasteiger partial charge >= 0.3 is 37.9 Å². The summed E-state index contributed by atoms with van der Waals surface area (Å²) in [5.74, 6) is 0. The van der Waals surface area contributed by atoms with Crippen LogP contribution in [0.4, 0.5) is 0 Å². The van der Waals surface area contributed by atoms with Gasteiger partial charge in [0.1, 0.15) is 0 Å². The van der Waals surface area contributed by atoms with Crippen LogP contribution >= 0.6 is 28.1 Å². The molecule has 0 heterocycles. The summed E-state index contributed by atoms with van der Waals surface area (Å²) in [6, 6.07) is 0. The number of rotatable bonds is 2. The number of halogens is 3. The molecule has 5 heteroatoms. The number of hydrogen-bond donors (Lipinski definition) is 0. The molecule has 0 aromatic rings. The third-order valence-electron chi connectivity index (χ3n) is 4.31. The molecule has 0 amide bonds. The van der Waals surface area contributed by atoms with Crippen LogP contribution in [0.1, 0.15) is 51.4 Å². The normalized spacial score (nSPS) is 20.2. The Morgan fingerprint density at radius 3 is 1.28 bits per heavy atom. The molecular weight excluding hydrogens is 382 g/mol. The first-order valence-corrected chi connectivity index (χ1v) is 16.3. The van der Waals surface area contributed by atoms with E-state index >= 15 is 0 Å². The predicted molar refractivity (Wildman–Crippen MR) is 86.4 cm³/mol. The summed E-state index contributed by atoms with van der Waals surface area (Å²) >= 11 is 6.06. The molecule has 2 fully saturated rings. The summed E-state index contributed by atoms with van der Waals surface area (Å²) in [7, 11) is 8.50. The van der Waals surface area contributed by atoms with Gasteiger partial charge in [0.15, 0.2) is 7.38 Å². The van der Waals surface area contributed by atoms with Crippen LogP contribution in [-0.4, -0.2) is 7.38 Å².